The Balaban J connectivity index is 2.24. The fourth-order valence-corrected chi connectivity index (χ4v) is 2.55. The Bertz CT molecular complexity index is 745. The van der Waals surface area contributed by atoms with Crippen molar-refractivity contribution in [3.05, 3.63) is 34.0 Å². The Morgan fingerprint density at radius 2 is 2.06 bits per heavy atom. The first-order valence-electron chi connectivity index (χ1n) is 5.20. The molecule has 2 N–H and O–H groups in total. The largest absolute Gasteiger partial charge is 0.382 e. The highest BCUT2D eigenvalue weighted by Crippen LogP contribution is 2.26. The number of aryl methyl sites for hydroxylation is 1. The highest BCUT2D eigenvalue weighted by molar-refractivity contribution is 9.10. The van der Waals surface area contributed by atoms with Crippen molar-refractivity contribution in [2.24, 2.45) is 7.05 Å². The van der Waals surface area contributed by atoms with Crippen molar-refractivity contribution >= 4 is 44.3 Å². The second-order valence-electron chi connectivity index (χ2n) is 3.92. The lowest BCUT2D eigenvalue weighted by Gasteiger charge is -2.02. The molecular weight excluding hydrogens is 318 g/mol. The lowest BCUT2D eigenvalue weighted by molar-refractivity contribution is 0.780. The van der Waals surface area contributed by atoms with E-state index in [9.17, 15) is 0 Å². The van der Waals surface area contributed by atoms with E-state index in [0.29, 0.717) is 11.0 Å². The number of benzene rings is 1. The predicted molar refractivity (Wildman–Crippen MR) is 75.0 cm³/mol. The third-order valence-corrected chi connectivity index (χ3v) is 3.69. The van der Waals surface area contributed by atoms with Gasteiger partial charge in [-0.05, 0) is 34.1 Å². The smallest absolute Gasteiger partial charge is 0.147 e. The number of aromatic nitrogens is 4. The van der Waals surface area contributed by atoms with Crippen LogP contribution in [0.2, 0.25) is 5.15 Å². The van der Waals surface area contributed by atoms with Gasteiger partial charge in [0.15, 0.2) is 0 Å². The lowest BCUT2D eigenvalue weighted by atomic mass is 10.2. The average Bonchev–Trinajstić information content (AvgIpc) is 2.80. The van der Waals surface area contributed by atoms with Gasteiger partial charge in [0.05, 0.1) is 11.2 Å². The molecule has 0 aliphatic carbocycles. The molecule has 5 nitrogen and oxygen atoms in total. The van der Waals surface area contributed by atoms with Gasteiger partial charge in [-0.15, -0.1) is 5.10 Å². The third kappa shape index (κ3) is 1.69. The van der Waals surface area contributed by atoms with Crippen LogP contribution in [0, 0.1) is 0 Å². The molecule has 0 bridgehead atoms. The van der Waals surface area contributed by atoms with Crippen LogP contribution in [-0.4, -0.2) is 19.6 Å². The topological polar surface area (TPSA) is 61.7 Å². The van der Waals surface area contributed by atoms with Crippen LogP contribution >= 0.6 is 27.5 Å². The van der Waals surface area contributed by atoms with Gasteiger partial charge in [-0.25, -0.2) is 4.68 Å². The van der Waals surface area contributed by atoms with Crippen LogP contribution in [0.15, 0.2) is 28.9 Å². The quantitative estimate of drug-likeness (QED) is 0.748. The van der Waals surface area contributed by atoms with Gasteiger partial charge in [-0.1, -0.05) is 11.6 Å². The van der Waals surface area contributed by atoms with Crippen molar-refractivity contribution in [2.45, 2.75) is 0 Å². The first-order chi connectivity index (χ1) is 8.56. The Morgan fingerprint density at radius 3 is 2.72 bits per heavy atom. The molecule has 0 aliphatic heterocycles. The van der Waals surface area contributed by atoms with Gasteiger partial charge in [0, 0.05) is 18.5 Å². The molecule has 18 heavy (non-hydrogen) atoms. The predicted octanol–water partition coefficient (Wildman–Crippen LogP) is 2.76. The van der Waals surface area contributed by atoms with E-state index in [1.54, 1.807) is 15.4 Å². The van der Waals surface area contributed by atoms with Gasteiger partial charge in [0.1, 0.15) is 15.6 Å². The second kappa shape index (κ2) is 4.00. The fraction of sp³-hybridized carbons (Fsp3) is 0.0909. The van der Waals surface area contributed by atoms with E-state index in [2.05, 4.69) is 26.1 Å². The number of rotatable bonds is 1. The van der Waals surface area contributed by atoms with Crippen molar-refractivity contribution in [3.63, 3.8) is 0 Å². The summed E-state index contributed by atoms with van der Waals surface area (Å²) in [6.45, 7) is 0. The molecule has 3 rings (SSSR count). The number of anilines is 1. The standard InChI is InChI=1S/C11H9BrClN5/c1-17-11(13)7-4-6(2-3-8(7)15-17)18-9(12)5-10(14)16-18/h2-5H,1H3,(H2,14,16). The molecule has 3 aromatic rings. The third-order valence-electron chi connectivity index (χ3n) is 2.67. The summed E-state index contributed by atoms with van der Waals surface area (Å²) in [5.74, 6) is 0.458. The summed E-state index contributed by atoms with van der Waals surface area (Å²) < 4.78 is 4.14. The van der Waals surface area contributed by atoms with Gasteiger partial charge < -0.3 is 5.73 Å². The molecule has 1 aromatic carbocycles. The van der Waals surface area contributed by atoms with Gasteiger partial charge in [-0.2, -0.15) is 5.10 Å². The van der Waals surface area contributed by atoms with E-state index >= 15 is 0 Å². The van der Waals surface area contributed by atoms with Crippen molar-refractivity contribution in [2.75, 3.05) is 5.73 Å². The molecule has 2 heterocycles. The minimum Gasteiger partial charge on any atom is -0.382 e. The first-order valence-corrected chi connectivity index (χ1v) is 6.37. The zero-order chi connectivity index (χ0) is 12.9. The molecule has 0 spiro atoms. The van der Waals surface area contributed by atoms with Gasteiger partial charge >= 0.3 is 0 Å². The van der Waals surface area contributed by atoms with Crippen molar-refractivity contribution in [1.82, 2.24) is 19.6 Å². The summed E-state index contributed by atoms with van der Waals surface area (Å²) in [4.78, 5) is 0. The molecule has 0 unspecified atom stereocenters. The second-order valence-corrected chi connectivity index (χ2v) is 5.09. The Kier molecular flexibility index (Phi) is 2.57. The number of fused-ring (bicyclic) bond motifs is 1. The maximum Gasteiger partial charge on any atom is 0.147 e. The van der Waals surface area contributed by atoms with Crippen molar-refractivity contribution < 1.29 is 0 Å². The van der Waals surface area contributed by atoms with Gasteiger partial charge in [-0.3, -0.25) is 4.68 Å². The first kappa shape index (κ1) is 11.6. The fourth-order valence-electron chi connectivity index (χ4n) is 1.84. The number of nitrogens with zero attached hydrogens (tertiary/aromatic N) is 4. The molecule has 0 saturated heterocycles. The van der Waals surface area contributed by atoms with E-state index in [1.165, 1.54) is 0 Å². The molecule has 0 radical (unpaired) electrons. The van der Waals surface area contributed by atoms with Crippen LogP contribution in [0.3, 0.4) is 0 Å². The van der Waals surface area contributed by atoms with Crippen LogP contribution in [0.25, 0.3) is 16.6 Å². The number of hydrogen-bond acceptors (Lipinski definition) is 3. The zero-order valence-corrected chi connectivity index (χ0v) is 11.8. The Hall–Kier alpha value is -1.53. The van der Waals surface area contributed by atoms with E-state index < -0.39 is 0 Å². The van der Waals surface area contributed by atoms with Crippen LogP contribution in [0.4, 0.5) is 5.82 Å². The SMILES string of the molecule is Cn1nc2ccc(-n3nc(N)cc3Br)cc2c1Cl. The number of nitrogen functional groups attached to an aromatic ring is 1. The van der Waals surface area contributed by atoms with Crippen molar-refractivity contribution in [1.29, 1.82) is 0 Å². The normalized spacial score (nSPS) is 11.3. The Morgan fingerprint density at radius 1 is 1.28 bits per heavy atom. The summed E-state index contributed by atoms with van der Waals surface area (Å²) in [7, 11) is 1.81. The molecule has 0 atom stereocenters. The lowest BCUT2D eigenvalue weighted by Crippen LogP contribution is -1.97. The van der Waals surface area contributed by atoms with E-state index in [1.807, 2.05) is 25.2 Å². The summed E-state index contributed by atoms with van der Waals surface area (Å²) in [6, 6.07) is 7.50. The maximum atomic E-state index is 6.18. The van der Waals surface area contributed by atoms with E-state index in [4.69, 9.17) is 17.3 Å². The van der Waals surface area contributed by atoms with Crippen LogP contribution in [-0.2, 0) is 7.05 Å². The molecule has 0 fully saturated rings. The molecule has 2 aromatic heterocycles. The Labute approximate surface area is 116 Å². The molecule has 0 aliphatic rings. The molecule has 7 heteroatoms. The number of halogens is 2. The van der Waals surface area contributed by atoms with Crippen molar-refractivity contribution in [3.8, 4) is 5.69 Å². The highest BCUT2D eigenvalue weighted by atomic mass is 79.9. The minimum atomic E-state index is 0.458. The van der Waals surface area contributed by atoms with Crippen LogP contribution in [0.1, 0.15) is 0 Å². The zero-order valence-electron chi connectivity index (χ0n) is 9.43. The van der Waals surface area contributed by atoms with Crippen LogP contribution in [0.5, 0.6) is 0 Å². The summed E-state index contributed by atoms with van der Waals surface area (Å²) in [5, 5.41) is 9.98. The summed E-state index contributed by atoms with van der Waals surface area (Å²) >= 11 is 9.59. The molecular formula is C11H9BrClN5. The van der Waals surface area contributed by atoms with E-state index in [0.717, 1.165) is 21.2 Å². The number of nitrogens with two attached hydrogens (primary N) is 1. The maximum absolute atomic E-state index is 6.18. The monoisotopic (exact) mass is 325 g/mol. The number of hydrogen-bond donors (Lipinski definition) is 1. The average molecular weight is 327 g/mol. The minimum absolute atomic E-state index is 0.458. The molecule has 0 saturated carbocycles. The van der Waals surface area contributed by atoms with Gasteiger partial charge in [0.2, 0.25) is 0 Å². The summed E-state index contributed by atoms with van der Waals surface area (Å²) in [6.07, 6.45) is 0. The molecule has 92 valence electrons. The van der Waals surface area contributed by atoms with Gasteiger partial charge in [0.25, 0.3) is 0 Å². The summed E-state index contributed by atoms with van der Waals surface area (Å²) in [5.41, 5.74) is 7.38. The molecule has 0 amide bonds. The van der Waals surface area contributed by atoms with E-state index in [-0.39, 0.29) is 0 Å². The van der Waals surface area contributed by atoms with Crippen LogP contribution < -0.4 is 5.73 Å². The highest BCUT2D eigenvalue weighted by Gasteiger charge is 2.10.